The standard InChI is InChI=1S/C25H22N4O5/c1-27(2)22(30)16-17-15-19(13-14-21(17)34-20-11-7-4-8-12-20)29-24(32)26-23(31)28(25(29)33)18-9-5-3-6-10-18/h3-15H,16H2,1-2H3,(H,26,31,32). The molecule has 0 spiro atoms. The minimum absolute atomic E-state index is 0.0199. The number of hydrogen-bond donors (Lipinski definition) is 1. The van der Waals surface area contributed by atoms with Gasteiger partial charge in [0.15, 0.2) is 0 Å². The van der Waals surface area contributed by atoms with E-state index in [4.69, 9.17) is 4.74 Å². The number of hydrogen-bond acceptors (Lipinski definition) is 5. The van der Waals surface area contributed by atoms with Crippen molar-refractivity contribution in [2.75, 3.05) is 14.1 Å². The highest BCUT2D eigenvalue weighted by atomic mass is 16.5. The number of carbonyl (C=O) groups is 1. The second-order valence-corrected chi connectivity index (χ2v) is 7.70. The van der Waals surface area contributed by atoms with Gasteiger partial charge in [0.25, 0.3) is 0 Å². The molecule has 1 amide bonds. The van der Waals surface area contributed by atoms with Crippen molar-refractivity contribution in [1.29, 1.82) is 0 Å². The van der Waals surface area contributed by atoms with Gasteiger partial charge in [-0.25, -0.2) is 23.5 Å². The fourth-order valence-corrected chi connectivity index (χ4v) is 3.39. The Kier molecular flexibility index (Phi) is 6.26. The van der Waals surface area contributed by atoms with E-state index in [9.17, 15) is 19.2 Å². The Morgan fingerprint density at radius 2 is 1.41 bits per heavy atom. The summed E-state index contributed by atoms with van der Waals surface area (Å²) in [6.45, 7) is 0. The number of nitrogens with one attached hydrogen (secondary N) is 1. The molecule has 1 aromatic heterocycles. The van der Waals surface area contributed by atoms with Gasteiger partial charge in [-0.15, -0.1) is 0 Å². The largest absolute Gasteiger partial charge is 0.457 e. The van der Waals surface area contributed by atoms with Crippen molar-refractivity contribution < 1.29 is 9.53 Å². The summed E-state index contributed by atoms with van der Waals surface area (Å²) in [5, 5.41) is 0. The normalized spacial score (nSPS) is 10.6. The Balaban J connectivity index is 1.87. The van der Waals surface area contributed by atoms with Gasteiger partial charge in [0.1, 0.15) is 11.5 Å². The van der Waals surface area contributed by atoms with E-state index in [2.05, 4.69) is 4.98 Å². The summed E-state index contributed by atoms with van der Waals surface area (Å²) in [6, 6.07) is 22.0. The highest BCUT2D eigenvalue weighted by Crippen LogP contribution is 2.27. The highest BCUT2D eigenvalue weighted by Gasteiger charge is 2.17. The molecule has 0 aliphatic heterocycles. The van der Waals surface area contributed by atoms with Crippen molar-refractivity contribution in [2.24, 2.45) is 0 Å². The minimum atomic E-state index is -0.885. The van der Waals surface area contributed by atoms with Crippen LogP contribution >= 0.6 is 0 Å². The van der Waals surface area contributed by atoms with Crippen LogP contribution in [0, 0.1) is 0 Å². The second kappa shape index (κ2) is 9.45. The fraction of sp³-hybridized carbons (Fsp3) is 0.120. The van der Waals surface area contributed by atoms with Crippen LogP contribution < -0.4 is 21.8 Å². The van der Waals surface area contributed by atoms with E-state index in [-0.39, 0.29) is 18.0 Å². The number of likely N-dealkylation sites (N-methyl/N-ethyl adjacent to an activating group) is 1. The Morgan fingerprint density at radius 3 is 2.03 bits per heavy atom. The first-order valence-corrected chi connectivity index (χ1v) is 10.5. The Labute approximate surface area is 194 Å². The number of carbonyl (C=O) groups excluding carboxylic acids is 1. The van der Waals surface area contributed by atoms with Crippen molar-refractivity contribution >= 4 is 5.91 Å². The van der Waals surface area contributed by atoms with Gasteiger partial charge in [-0.1, -0.05) is 36.4 Å². The van der Waals surface area contributed by atoms with Gasteiger partial charge in [-0.3, -0.25) is 9.78 Å². The Morgan fingerprint density at radius 1 is 0.824 bits per heavy atom. The molecule has 0 aliphatic carbocycles. The number of ether oxygens (including phenoxy) is 1. The van der Waals surface area contributed by atoms with Crippen LogP contribution in [-0.4, -0.2) is 39.0 Å². The van der Waals surface area contributed by atoms with Crippen LogP contribution in [-0.2, 0) is 11.2 Å². The first-order chi connectivity index (χ1) is 16.3. The number of rotatable bonds is 6. The van der Waals surface area contributed by atoms with Crippen molar-refractivity contribution in [3.8, 4) is 22.9 Å². The summed E-state index contributed by atoms with van der Waals surface area (Å²) >= 11 is 0. The smallest absolute Gasteiger partial charge is 0.345 e. The molecule has 0 unspecified atom stereocenters. The third kappa shape index (κ3) is 4.58. The number of amides is 1. The molecule has 0 fully saturated rings. The molecular formula is C25H22N4O5. The van der Waals surface area contributed by atoms with E-state index in [0.717, 1.165) is 9.13 Å². The van der Waals surface area contributed by atoms with Gasteiger partial charge in [0.05, 0.1) is 17.8 Å². The van der Waals surface area contributed by atoms with Crippen LogP contribution in [0.15, 0.2) is 93.2 Å². The van der Waals surface area contributed by atoms with Crippen molar-refractivity contribution in [3.05, 3.63) is 116 Å². The third-order valence-electron chi connectivity index (χ3n) is 5.13. The molecule has 34 heavy (non-hydrogen) atoms. The summed E-state index contributed by atoms with van der Waals surface area (Å²) in [4.78, 5) is 54.4. The van der Waals surface area contributed by atoms with Gasteiger partial charge < -0.3 is 9.64 Å². The lowest BCUT2D eigenvalue weighted by Crippen LogP contribution is -2.48. The van der Waals surface area contributed by atoms with Crippen LogP contribution in [0.25, 0.3) is 11.4 Å². The van der Waals surface area contributed by atoms with Crippen LogP contribution in [0.3, 0.4) is 0 Å². The molecule has 4 aromatic rings. The van der Waals surface area contributed by atoms with Gasteiger partial charge in [0, 0.05) is 19.7 Å². The van der Waals surface area contributed by atoms with E-state index in [1.54, 1.807) is 62.6 Å². The number of aromatic nitrogens is 3. The maximum absolute atomic E-state index is 13.2. The Hall–Kier alpha value is -4.66. The van der Waals surface area contributed by atoms with E-state index >= 15 is 0 Å². The molecule has 9 nitrogen and oxygen atoms in total. The molecule has 1 N–H and O–H groups in total. The van der Waals surface area contributed by atoms with E-state index in [0.29, 0.717) is 22.7 Å². The number of benzene rings is 3. The lowest BCUT2D eigenvalue weighted by Gasteiger charge is -2.16. The molecule has 0 aliphatic rings. The molecule has 0 saturated carbocycles. The molecule has 0 saturated heterocycles. The highest BCUT2D eigenvalue weighted by molar-refractivity contribution is 5.79. The summed E-state index contributed by atoms with van der Waals surface area (Å²) in [5.41, 5.74) is -1.58. The molecule has 0 atom stereocenters. The quantitative estimate of drug-likeness (QED) is 0.476. The number of H-pyrrole nitrogens is 1. The molecule has 9 heteroatoms. The summed E-state index contributed by atoms with van der Waals surface area (Å²) in [5.74, 6) is 0.790. The molecular weight excluding hydrogens is 436 g/mol. The summed E-state index contributed by atoms with van der Waals surface area (Å²) in [6.07, 6.45) is -0.0199. The lowest BCUT2D eigenvalue weighted by molar-refractivity contribution is -0.127. The zero-order valence-electron chi connectivity index (χ0n) is 18.6. The van der Waals surface area contributed by atoms with Crippen LogP contribution in [0.2, 0.25) is 0 Å². The SMILES string of the molecule is CN(C)C(=O)Cc1cc(-n2c(=O)[nH]c(=O)n(-c3ccccc3)c2=O)ccc1Oc1ccccc1. The third-order valence-corrected chi connectivity index (χ3v) is 5.13. The number of nitrogens with zero attached hydrogens (tertiary/aromatic N) is 3. The topological polar surface area (TPSA) is 106 Å². The van der Waals surface area contributed by atoms with E-state index in [1.807, 2.05) is 18.2 Å². The first-order valence-electron chi connectivity index (χ1n) is 10.5. The van der Waals surface area contributed by atoms with Gasteiger partial charge >= 0.3 is 17.1 Å². The van der Waals surface area contributed by atoms with Crippen LogP contribution in [0.5, 0.6) is 11.5 Å². The van der Waals surface area contributed by atoms with Crippen molar-refractivity contribution in [2.45, 2.75) is 6.42 Å². The molecule has 4 rings (SSSR count). The predicted octanol–water partition coefficient (Wildman–Crippen LogP) is 2.10. The Bertz CT molecular complexity index is 1500. The average molecular weight is 458 g/mol. The first kappa shape index (κ1) is 22.5. The van der Waals surface area contributed by atoms with Crippen LogP contribution in [0.1, 0.15) is 5.56 Å². The summed E-state index contributed by atoms with van der Waals surface area (Å²) < 4.78 is 7.68. The lowest BCUT2D eigenvalue weighted by atomic mass is 10.1. The zero-order valence-corrected chi connectivity index (χ0v) is 18.6. The van der Waals surface area contributed by atoms with Crippen molar-refractivity contribution in [3.63, 3.8) is 0 Å². The van der Waals surface area contributed by atoms with Gasteiger partial charge in [-0.05, 0) is 42.5 Å². The predicted molar refractivity (Wildman–Crippen MR) is 127 cm³/mol. The maximum atomic E-state index is 13.2. The van der Waals surface area contributed by atoms with Crippen molar-refractivity contribution in [1.82, 2.24) is 19.0 Å². The number of para-hydroxylation sites is 2. The van der Waals surface area contributed by atoms with E-state index < -0.39 is 17.1 Å². The molecule has 1 heterocycles. The van der Waals surface area contributed by atoms with Gasteiger partial charge in [0.2, 0.25) is 5.91 Å². The molecule has 0 bridgehead atoms. The number of aromatic amines is 1. The van der Waals surface area contributed by atoms with Gasteiger partial charge in [-0.2, -0.15) is 0 Å². The fourth-order valence-electron chi connectivity index (χ4n) is 3.39. The summed E-state index contributed by atoms with van der Waals surface area (Å²) in [7, 11) is 3.27. The molecule has 172 valence electrons. The minimum Gasteiger partial charge on any atom is -0.457 e. The second-order valence-electron chi connectivity index (χ2n) is 7.70. The van der Waals surface area contributed by atoms with E-state index in [1.165, 1.54) is 17.0 Å². The van der Waals surface area contributed by atoms with Crippen LogP contribution in [0.4, 0.5) is 0 Å². The average Bonchev–Trinajstić information content (AvgIpc) is 2.81. The monoisotopic (exact) mass is 458 g/mol. The zero-order chi connectivity index (χ0) is 24.2. The molecule has 3 aromatic carbocycles. The molecule has 0 radical (unpaired) electrons. The maximum Gasteiger partial charge on any atom is 0.345 e.